The molecule has 0 aromatic heterocycles. The summed E-state index contributed by atoms with van der Waals surface area (Å²) in [5.41, 5.74) is 0.571. The van der Waals surface area contributed by atoms with Gasteiger partial charge in [0.05, 0.1) is 10.7 Å². The Bertz CT molecular complexity index is 797. The summed E-state index contributed by atoms with van der Waals surface area (Å²) < 4.78 is 13.1. The zero-order chi connectivity index (χ0) is 16.1. The van der Waals surface area contributed by atoms with Crippen LogP contribution in [0.15, 0.2) is 48.0 Å². The first-order chi connectivity index (χ1) is 10.5. The first-order valence-corrected chi connectivity index (χ1v) is 6.89. The smallest absolute Gasteiger partial charge is 0.266 e. The second-order valence-corrected chi connectivity index (χ2v) is 5.15. The van der Waals surface area contributed by atoms with Crippen molar-refractivity contribution in [3.05, 3.63) is 69.5 Å². The average Bonchev–Trinajstić information content (AvgIpc) is 2.47. The highest BCUT2D eigenvalue weighted by Crippen LogP contribution is 2.25. The van der Waals surface area contributed by atoms with E-state index >= 15 is 0 Å². The molecule has 0 atom stereocenters. The Balaban J connectivity index is 2.24. The molecule has 6 heteroatoms. The Morgan fingerprint density at radius 3 is 2.64 bits per heavy atom. The molecule has 0 radical (unpaired) electrons. The molecule has 110 valence electrons. The lowest BCUT2D eigenvalue weighted by atomic mass is 10.1. The maximum Gasteiger partial charge on any atom is 0.266 e. The maximum atomic E-state index is 13.1. The molecule has 2 rings (SSSR count). The number of anilines is 1. The van der Waals surface area contributed by atoms with Crippen molar-refractivity contribution >= 4 is 40.9 Å². The van der Waals surface area contributed by atoms with Crippen LogP contribution in [0, 0.1) is 17.1 Å². The van der Waals surface area contributed by atoms with E-state index in [0.717, 1.165) is 0 Å². The van der Waals surface area contributed by atoms with Crippen LogP contribution < -0.4 is 5.32 Å². The third kappa shape index (κ3) is 4.08. The Kier molecular flexibility index (Phi) is 5.16. The highest BCUT2D eigenvalue weighted by molar-refractivity contribution is 6.36. The van der Waals surface area contributed by atoms with Crippen molar-refractivity contribution < 1.29 is 9.18 Å². The molecule has 1 N–H and O–H groups in total. The van der Waals surface area contributed by atoms with Gasteiger partial charge < -0.3 is 5.32 Å². The number of carbonyl (C=O) groups excluding carboxylic acids is 1. The molecule has 0 spiro atoms. The lowest BCUT2D eigenvalue weighted by molar-refractivity contribution is -0.112. The standard InChI is InChI=1S/C16H9Cl2FN2O/c17-12-4-5-15(14(18)8-12)21-16(22)11(9-20)6-10-2-1-3-13(19)7-10/h1-8H,(H,21,22)/b11-6+. The number of nitrogens with one attached hydrogen (secondary N) is 1. The minimum Gasteiger partial charge on any atom is -0.320 e. The molecule has 1 amide bonds. The monoisotopic (exact) mass is 334 g/mol. The van der Waals surface area contributed by atoms with Crippen LogP contribution in [0.5, 0.6) is 0 Å². The highest BCUT2D eigenvalue weighted by Gasteiger charge is 2.11. The van der Waals surface area contributed by atoms with E-state index in [1.54, 1.807) is 18.2 Å². The van der Waals surface area contributed by atoms with E-state index in [2.05, 4.69) is 5.32 Å². The summed E-state index contributed by atoms with van der Waals surface area (Å²) in [6.45, 7) is 0. The van der Waals surface area contributed by atoms with Gasteiger partial charge in [-0.2, -0.15) is 5.26 Å². The lowest BCUT2D eigenvalue weighted by Gasteiger charge is -2.06. The van der Waals surface area contributed by atoms with Gasteiger partial charge in [-0.1, -0.05) is 35.3 Å². The fourth-order valence-corrected chi connectivity index (χ4v) is 2.15. The van der Waals surface area contributed by atoms with E-state index in [1.807, 2.05) is 0 Å². The summed E-state index contributed by atoms with van der Waals surface area (Å²) >= 11 is 11.7. The summed E-state index contributed by atoms with van der Waals surface area (Å²) in [5, 5.41) is 12.3. The highest BCUT2D eigenvalue weighted by atomic mass is 35.5. The fraction of sp³-hybridized carbons (Fsp3) is 0. The van der Waals surface area contributed by atoms with Crippen molar-refractivity contribution in [2.75, 3.05) is 5.32 Å². The van der Waals surface area contributed by atoms with Gasteiger partial charge in [0.15, 0.2) is 0 Å². The van der Waals surface area contributed by atoms with Crippen LogP contribution >= 0.6 is 23.2 Å². The van der Waals surface area contributed by atoms with Gasteiger partial charge in [-0.15, -0.1) is 0 Å². The van der Waals surface area contributed by atoms with Crippen LogP contribution in [0.25, 0.3) is 6.08 Å². The summed E-state index contributed by atoms with van der Waals surface area (Å²) in [4.78, 5) is 12.1. The molecular formula is C16H9Cl2FN2O. The maximum absolute atomic E-state index is 13.1. The molecule has 0 aliphatic carbocycles. The Labute approximate surface area is 136 Å². The molecule has 0 aliphatic heterocycles. The van der Waals surface area contributed by atoms with Crippen molar-refractivity contribution in [1.29, 1.82) is 5.26 Å². The second kappa shape index (κ2) is 7.08. The molecule has 0 fully saturated rings. The van der Waals surface area contributed by atoms with Crippen molar-refractivity contribution in [1.82, 2.24) is 0 Å². The Morgan fingerprint density at radius 1 is 1.23 bits per heavy atom. The van der Waals surface area contributed by atoms with Gasteiger partial charge in [0.25, 0.3) is 5.91 Å². The van der Waals surface area contributed by atoms with E-state index in [9.17, 15) is 9.18 Å². The Morgan fingerprint density at radius 2 is 2.00 bits per heavy atom. The summed E-state index contributed by atoms with van der Waals surface area (Å²) in [7, 11) is 0. The quantitative estimate of drug-likeness (QED) is 0.654. The van der Waals surface area contributed by atoms with Gasteiger partial charge in [-0.25, -0.2) is 4.39 Å². The molecule has 2 aromatic carbocycles. The number of carbonyl (C=O) groups is 1. The van der Waals surface area contributed by atoms with Gasteiger partial charge >= 0.3 is 0 Å². The first-order valence-electron chi connectivity index (χ1n) is 6.13. The Hall–Kier alpha value is -2.35. The number of nitrogens with zero attached hydrogens (tertiary/aromatic N) is 1. The normalized spacial score (nSPS) is 10.9. The molecule has 0 heterocycles. The molecule has 0 bridgehead atoms. The van der Waals surface area contributed by atoms with Crippen LogP contribution in [0.1, 0.15) is 5.56 Å². The largest absolute Gasteiger partial charge is 0.320 e. The number of benzene rings is 2. The predicted octanol–water partition coefficient (Wildman–Crippen LogP) is 4.68. The van der Waals surface area contributed by atoms with E-state index in [0.29, 0.717) is 16.3 Å². The molecular weight excluding hydrogens is 326 g/mol. The van der Waals surface area contributed by atoms with Crippen molar-refractivity contribution in [2.45, 2.75) is 0 Å². The van der Waals surface area contributed by atoms with Gasteiger partial charge in [0.2, 0.25) is 0 Å². The van der Waals surface area contributed by atoms with Gasteiger partial charge in [0.1, 0.15) is 17.5 Å². The number of rotatable bonds is 3. The van der Waals surface area contributed by atoms with Crippen LogP contribution in [0.4, 0.5) is 10.1 Å². The van der Waals surface area contributed by atoms with Gasteiger partial charge in [-0.05, 0) is 42.0 Å². The predicted molar refractivity (Wildman–Crippen MR) is 85.1 cm³/mol. The number of nitriles is 1. The van der Waals surface area contributed by atoms with E-state index in [1.165, 1.54) is 36.4 Å². The van der Waals surface area contributed by atoms with Crippen LogP contribution in [0.3, 0.4) is 0 Å². The van der Waals surface area contributed by atoms with Crippen LogP contribution in [-0.2, 0) is 4.79 Å². The summed E-state index contributed by atoms with van der Waals surface area (Å²) in [5.74, 6) is -1.09. The lowest BCUT2D eigenvalue weighted by Crippen LogP contribution is -2.13. The molecule has 2 aromatic rings. The van der Waals surface area contributed by atoms with E-state index in [4.69, 9.17) is 28.5 Å². The fourth-order valence-electron chi connectivity index (χ4n) is 1.69. The zero-order valence-corrected chi connectivity index (χ0v) is 12.6. The van der Waals surface area contributed by atoms with Gasteiger partial charge in [-0.3, -0.25) is 4.79 Å². The van der Waals surface area contributed by atoms with E-state index < -0.39 is 11.7 Å². The molecule has 0 unspecified atom stereocenters. The van der Waals surface area contributed by atoms with Crippen LogP contribution in [-0.4, -0.2) is 5.91 Å². The second-order valence-electron chi connectivity index (χ2n) is 4.30. The minimum atomic E-state index is -0.643. The molecule has 0 aliphatic rings. The number of halogens is 3. The van der Waals surface area contributed by atoms with Crippen molar-refractivity contribution in [3.8, 4) is 6.07 Å². The van der Waals surface area contributed by atoms with Crippen molar-refractivity contribution in [3.63, 3.8) is 0 Å². The van der Waals surface area contributed by atoms with Gasteiger partial charge in [0, 0.05) is 5.02 Å². The van der Waals surface area contributed by atoms with Crippen molar-refractivity contribution in [2.24, 2.45) is 0 Å². The first kappa shape index (κ1) is 16.0. The number of hydrogen-bond acceptors (Lipinski definition) is 2. The SMILES string of the molecule is N#C/C(=C\c1cccc(F)c1)C(=O)Nc1ccc(Cl)cc1Cl. The molecule has 3 nitrogen and oxygen atoms in total. The minimum absolute atomic E-state index is 0.170. The van der Waals surface area contributed by atoms with E-state index in [-0.39, 0.29) is 10.6 Å². The topological polar surface area (TPSA) is 52.9 Å². The number of amides is 1. The zero-order valence-electron chi connectivity index (χ0n) is 11.1. The van der Waals surface area contributed by atoms with Crippen LogP contribution in [0.2, 0.25) is 10.0 Å². The average molecular weight is 335 g/mol. The summed E-state index contributed by atoms with van der Waals surface area (Å²) in [6.07, 6.45) is 1.29. The third-order valence-corrected chi connectivity index (χ3v) is 3.25. The summed E-state index contributed by atoms with van der Waals surface area (Å²) in [6, 6.07) is 11.9. The molecule has 22 heavy (non-hydrogen) atoms. The number of hydrogen-bond donors (Lipinski definition) is 1. The third-order valence-electron chi connectivity index (χ3n) is 2.70. The molecule has 0 saturated heterocycles. The molecule has 0 saturated carbocycles.